The van der Waals surface area contributed by atoms with Crippen LogP contribution in [0.4, 0.5) is 10.1 Å². The van der Waals surface area contributed by atoms with Crippen molar-refractivity contribution in [2.75, 3.05) is 37.6 Å². The number of carboxylic acids is 1. The Morgan fingerprint density at radius 3 is 2.39 bits per heavy atom. The Kier molecular flexibility index (Phi) is 6.93. The molecular formula is C19H22FN3O4V. The fourth-order valence-electron chi connectivity index (χ4n) is 3.71. The number of pyridine rings is 1. The van der Waals surface area contributed by atoms with Crippen LogP contribution in [0.15, 0.2) is 23.1 Å². The van der Waals surface area contributed by atoms with Gasteiger partial charge in [-0.15, -0.1) is 0 Å². The second-order valence-corrected chi connectivity index (χ2v) is 7.06. The molecule has 7 nitrogen and oxygen atoms in total. The van der Waals surface area contributed by atoms with Gasteiger partial charge in [-0.05, 0) is 31.5 Å². The average molecular weight is 426 g/mol. The number of nitrogens with zero attached hydrogens (tertiary/aromatic N) is 3. The molecule has 1 radical (unpaired) electrons. The largest absolute Gasteiger partial charge is 2.00 e. The predicted molar refractivity (Wildman–Crippen MR) is 98.4 cm³/mol. The van der Waals surface area contributed by atoms with E-state index < -0.39 is 17.2 Å². The molecule has 1 saturated heterocycles. The van der Waals surface area contributed by atoms with Crippen molar-refractivity contribution in [1.82, 2.24) is 9.47 Å². The Balaban J connectivity index is 0.00000140. The molecule has 1 aromatic carbocycles. The van der Waals surface area contributed by atoms with Gasteiger partial charge in [0.05, 0.1) is 11.2 Å². The molecule has 0 unspecified atom stereocenters. The normalized spacial score (nSPS) is 17.1. The molecule has 0 atom stereocenters. The Morgan fingerprint density at radius 2 is 1.86 bits per heavy atom. The fraction of sp³-hybridized carbons (Fsp3) is 0.474. The first-order valence-corrected chi connectivity index (χ1v) is 9.08. The molecule has 1 aromatic heterocycles. The molecule has 0 bridgehead atoms. The van der Waals surface area contributed by atoms with Gasteiger partial charge in [0.15, 0.2) is 0 Å². The van der Waals surface area contributed by atoms with Gasteiger partial charge in [-0.1, -0.05) is 6.92 Å². The number of aromatic carboxylic acids is 1. The summed E-state index contributed by atoms with van der Waals surface area (Å²) < 4.78 is 16.6. The minimum absolute atomic E-state index is 0. The number of hydrogen-bond donors (Lipinski definition) is 1. The Bertz CT molecular complexity index is 937. The van der Waals surface area contributed by atoms with Crippen molar-refractivity contribution < 1.29 is 38.3 Å². The number of fused-ring (bicyclic) bond motifs is 1. The van der Waals surface area contributed by atoms with Crippen LogP contribution in [0.3, 0.4) is 0 Å². The van der Waals surface area contributed by atoms with E-state index in [1.165, 1.54) is 12.3 Å². The van der Waals surface area contributed by atoms with Crippen molar-refractivity contribution in [1.29, 1.82) is 0 Å². The number of rotatable bonds is 4. The summed E-state index contributed by atoms with van der Waals surface area (Å²) in [5, 5.41) is 9.45. The van der Waals surface area contributed by atoms with Gasteiger partial charge in [0.2, 0.25) is 5.43 Å². The van der Waals surface area contributed by atoms with E-state index >= 15 is 0 Å². The van der Waals surface area contributed by atoms with E-state index in [9.17, 15) is 19.1 Å². The first kappa shape index (κ1) is 22.4. The molecule has 9 heteroatoms. The maximum Gasteiger partial charge on any atom is 2.00 e. The topological polar surface area (TPSA) is 94.3 Å². The molecule has 1 saturated carbocycles. The summed E-state index contributed by atoms with van der Waals surface area (Å²) >= 11 is 0. The average Bonchev–Trinajstić information content (AvgIpc) is 3.47. The van der Waals surface area contributed by atoms with Crippen LogP contribution in [0.25, 0.3) is 10.9 Å². The maximum atomic E-state index is 14.8. The van der Waals surface area contributed by atoms with E-state index in [-0.39, 0.29) is 41.0 Å². The molecule has 149 valence electrons. The van der Waals surface area contributed by atoms with E-state index in [1.807, 2.05) is 9.47 Å². The third-order valence-electron chi connectivity index (χ3n) is 5.43. The standard InChI is InChI=1S/C19H22FN3O3.O.V/c1-2-21-5-7-22(8-6-21)17-10-16-13(9-15(17)20)18(24)14(19(25)26)11-23(16)12-3-4-12;;/h9-12H,2-8H2,1H3,(H,25,26);;/q;-2;+2. The van der Waals surface area contributed by atoms with Crippen molar-refractivity contribution in [3.8, 4) is 0 Å². The number of hydrogen-bond acceptors (Lipinski definition) is 4. The van der Waals surface area contributed by atoms with E-state index in [0.29, 0.717) is 11.2 Å². The van der Waals surface area contributed by atoms with E-state index in [2.05, 4.69) is 11.8 Å². The third kappa shape index (κ3) is 3.96. The smallest absolute Gasteiger partial charge is 2.00 e. The van der Waals surface area contributed by atoms with Crippen molar-refractivity contribution in [3.63, 3.8) is 0 Å². The molecule has 2 fully saturated rings. The van der Waals surface area contributed by atoms with Crippen LogP contribution in [0, 0.1) is 5.82 Å². The summed E-state index contributed by atoms with van der Waals surface area (Å²) in [6.45, 7) is 6.31. The summed E-state index contributed by atoms with van der Waals surface area (Å²) in [6.07, 6.45) is 3.30. The Hall–Kier alpha value is -1.87. The van der Waals surface area contributed by atoms with Gasteiger partial charge in [-0.25, -0.2) is 9.18 Å². The number of benzene rings is 1. The number of likely N-dealkylation sites (N-methyl/N-ethyl adjacent to an activating group) is 1. The second-order valence-electron chi connectivity index (χ2n) is 7.06. The molecule has 2 aliphatic rings. The van der Waals surface area contributed by atoms with Crippen LogP contribution in [0.1, 0.15) is 36.2 Å². The van der Waals surface area contributed by atoms with E-state index in [0.717, 1.165) is 45.6 Å². The number of anilines is 1. The molecule has 0 amide bonds. The van der Waals surface area contributed by atoms with Gasteiger partial charge in [-0.3, -0.25) is 4.79 Å². The summed E-state index contributed by atoms with van der Waals surface area (Å²) in [7, 11) is 0. The summed E-state index contributed by atoms with van der Waals surface area (Å²) in [5.41, 5.74) is 0.195. The number of piperazine rings is 1. The van der Waals surface area contributed by atoms with Gasteiger partial charge < -0.3 is 24.9 Å². The fourth-order valence-corrected chi connectivity index (χ4v) is 3.71. The van der Waals surface area contributed by atoms with Crippen molar-refractivity contribution in [3.05, 3.63) is 39.9 Å². The van der Waals surface area contributed by atoms with E-state index in [1.54, 1.807) is 6.07 Å². The molecule has 1 aliphatic carbocycles. The Labute approximate surface area is 173 Å². The molecule has 1 aliphatic heterocycles. The van der Waals surface area contributed by atoms with Crippen LogP contribution in [-0.4, -0.2) is 53.3 Å². The van der Waals surface area contributed by atoms with Gasteiger partial charge in [0.25, 0.3) is 0 Å². The number of aromatic nitrogens is 1. The molecule has 28 heavy (non-hydrogen) atoms. The van der Waals surface area contributed by atoms with Crippen LogP contribution in [0.2, 0.25) is 0 Å². The molecule has 2 aromatic rings. The quantitative estimate of drug-likeness (QED) is 0.809. The molecule has 4 rings (SSSR count). The summed E-state index contributed by atoms with van der Waals surface area (Å²) in [4.78, 5) is 28.2. The third-order valence-corrected chi connectivity index (χ3v) is 5.43. The second kappa shape index (κ2) is 8.65. The van der Waals surface area contributed by atoms with Crippen LogP contribution < -0.4 is 10.3 Å². The van der Waals surface area contributed by atoms with Gasteiger partial charge >= 0.3 is 24.5 Å². The summed E-state index contributed by atoms with van der Waals surface area (Å²) in [5.74, 6) is -1.74. The van der Waals surface area contributed by atoms with Crippen LogP contribution >= 0.6 is 0 Å². The van der Waals surface area contributed by atoms with Crippen molar-refractivity contribution >= 4 is 22.6 Å². The SMILES string of the molecule is CCN1CCN(c2cc3c(cc2F)c(=O)c(C(=O)O)cn3C2CC2)CC1.[O-2].[V+2]. The van der Waals surface area contributed by atoms with Crippen LogP contribution in [-0.2, 0) is 24.0 Å². The number of carbonyl (C=O) groups is 1. The minimum atomic E-state index is -1.27. The molecule has 0 spiro atoms. The van der Waals surface area contributed by atoms with Crippen molar-refractivity contribution in [2.45, 2.75) is 25.8 Å². The minimum Gasteiger partial charge on any atom is -2.00 e. The van der Waals surface area contributed by atoms with E-state index in [4.69, 9.17) is 0 Å². The number of carboxylic acid groups (broad SMARTS) is 1. The zero-order valence-corrected chi connectivity index (χ0v) is 17.0. The van der Waals surface area contributed by atoms with Gasteiger partial charge in [-0.2, -0.15) is 0 Å². The van der Waals surface area contributed by atoms with Crippen molar-refractivity contribution in [2.24, 2.45) is 0 Å². The molecule has 1 N–H and O–H groups in total. The molecule has 2 heterocycles. The predicted octanol–water partition coefficient (Wildman–Crippen LogP) is 2.19. The van der Waals surface area contributed by atoms with Gasteiger partial charge in [0.1, 0.15) is 11.4 Å². The summed E-state index contributed by atoms with van der Waals surface area (Å²) in [6, 6.07) is 3.12. The van der Waals surface area contributed by atoms with Gasteiger partial charge in [0, 0.05) is 43.8 Å². The zero-order chi connectivity index (χ0) is 18.4. The number of halogens is 1. The maximum absolute atomic E-state index is 14.8. The molecular weight excluding hydrogens is 404 g/mol. The Morgan fingerprint density at radius 1 is 1.21 bits per heavy atom. The van der Waals surface area contributed by atoms with Crippen LogP contribution in [0.5, 0.6) is 0 Å². The zero-order valence-electron chi connectivity index (χ0n) is 15.6. The first-order chi connectivity index (χ1) is 12.5. The monoisotopic (exact) mass is 426 g/mol. The first-order valence-electron chi connectivity index (χ1n) is 9.08.